The van der Waals surface area contributed by atoms with Crippen LogP contribution in [0.2, 0.25) is 0 Å². The minimum Gasteiger partial charge on any atom is -0.348 e. The number of pyridine rings is 1. The number of rotatable bonds is 4. The standard InChI is InChI=1S/C23H28N6O2/c1-15-13-19(20-16(2)26-28(4)21(20)25-15)22(30)24-14-17-5-7-18(8-6-17)23(31)29-11-9-27(3)10-12-29/h5-8,13H,9-12,14H2,1-4H3,(H,24,30). The van der Waals surface area contributed by atoms with E-state index < -0.39 is 0 Å². The van der Waals surface area contributed by atoms with Crippen LogP contribution in [0.1, 0.15) is 37.7 Å². The molecule has 3 aromatic rings. The van der Waals surface area contributed by atoms with Crippen LogP contribution in [0.25, 0.3) is 11.0 Å². The van der Waals surface area contributed by atoms with E-state index in [2.05, 4.69) is 27.3 Å². The highest BCUT2D eigenvalue weighted by molar-refractivity contribution is 6.06. The van der Waals surface area contributed by atoms with Gasteiger partial charge in [-0.25, -0.2) is 4.98 Å². The number of nitrogens with zero attached hydrogens (tertiary/aromatic N) is 5. The number of likely N-dealkylation sites (N-methyl/N-ethyl adjacent to an activating group) is 1. The number of carbonyl (C=O) groups excluding carboxylic acids is 2. The van der Waals surface area contributed by atoms with Gasteiger partial charge in [-0.15, -0.1) is 0 Å². The maximum atomic E-state index is 12.9. The molecule has 1 fully saturated rings. The first-order valence-electron chi connectivity index (χ1n) is 10.5. The number of aryl methyl sites for hydroxylation is 3. The molecular formula is C23H28N6O2. The Bertz CT molecular complexity index is 1130. The van der Waals surface area contributed by atoms with E-state index in [0.29, 0.717) is 23.3 Å². The first-order chi connectivity index (χ1) is 14.8. The van der Waals surface area contributed by atoms with Gasteiger partial charge in [-0.2, -0.15) is 5.10 Å². The molecule has 0 aliphatic carbocycles. The van der Waals surface area contributed by atoms with Crippen LogP contribution < -0.4 is 5.32 Å². The first-order valence-corrected chi connectivity index (χ1v) is 10.5. The average molecular weight is 421 g/mol. The van der Waals surface area contributed by atoms with Crippen LogP contribution in [0, 0.1) is 13.8 Å². The summed E-state index contributed by atoms with van der Waals surface area (Å²) < 4.78 is 1.70. The van der Waals surface area contributed by atoms with Gasteiger partial charge in [0.2, 0.25) is 0 Å². The Kier molecular flexibility index (Phi) is 5.73. The summed E-state index contributed by atoms with van der Waals surface area (Å²) in [6, 6.07) is 9.26. The van der Waals surface area contributed by atoms with Gasteiger partial charge in [-0.3, -0.25) is 14.3 Å². The van der Waals surface area contributed by atoms with E-state index >= 15 is 0 Å². The zero-order chi connectivity index (χ0) is 22.1. The number of aromatic nitrogens is 3. The minimum absolute atomic E-state index is 0.0605. The molecule has 162 valence electrons. The lowest BCUT2D eigenvalue weighted by molar-refractivity contribution is 0.0664. The van der Waals surface area contributed by atoms with Crippen molar-refractivity contribution < 1.29 is 9.59 Å². The lowest BCUT2D eigenvalue weighted by atomic mass is 10.1. The minimum atomic E-state index is -0.163. The summed E-state index contributed by atoms with van der Waals surface area (Å²) in [6.45, 7) is 7.42. The van der Waals surface area contributed by atoms with Crippen molar-refractivity contribution in [2.24, 2.45) is 7.05 Å². The topological polar surface area (TPSA) is 83.4 Å². The third kappa shape index (κ3) is 4.29. The molecule has 1 aromatic carbocycles. The van der Waals surface area contributed by atoms with Gasteiger partial charge in [0.25, 0.3) is 11.8 Å². The highest BCUT2D eigenvalue weighted by Gasteiger charge is 2.20. The second kappa shape index (κ2) is 8.47. The van der Waals surface area contributed by atoms with Crippen molar-refractivity contribution in [3.05, 3.63) is 58.4 Å². The molecule has 0 saturated carbocycles. The van der Waals surface area contributed by atoms with Gasteiger partial charge >= 0.3 is 0 Å². The number of carbonyl (C=O) groups is 2. The van der Waals surface area contributed by atoms with Crippen LogP contribution in [0.15, 0.2) is 30.3 Å². The summed E-state index contributed by atoms with van der Waals surface area (Å²) in [4.78, 5) is 34.2. The molecule has 1 saturated heterocycles. The summed E-state index contributed by atoms with van der Waals surface area (Å²) in [5.41, 5.74) is 4.45. The smallest absolute Gasteiger partial charge is 0.253 e. The van der Waals surface area contributed by atoms with Crippen LogP contribution in [-0.2, 0) is 13.6 Å². The van der Waals surface area contributed by atoms with Crippen LogP contribution in [0.3, 0.4) is 0 Å². The average Bonchev–Trinajstić information content (AvgIpc) is 3.05. The highest BCUT2D eigenvalue weighted by atomic mass is 16.2. The van der Waals surface area contributed by atoms with E-state index in [1.807, 2.05) is 50.1 Å². The molecule has 4 rings (SSSR count). The van der Waals surface area contributed by atoms with Crippen LogP contribution >= 0.6 is 0 Å². The molecule has 8 nitrogen and oxygen atoms in total. The summed E-state index contributed by atoms with van der Waals surface area (Å²) in [5.74, 6) is -0.102. The molecule has 1 aliphatic rings. The Morgan fingerprint density at radius 3 is 2.39 bits per heavy atom. The fraction of sp³-hybridized carbons (Fsp3) is 0.391. The van der Waals surface area contributed by atoms with Gasteiger partial charge in [0.15, 0.2) is 5.65 Å². The lowest BCUT2D eigenvalue weighted by Gasteiger charge is -2.32. The molecule has 3 heterocycles. The van der Waals surface area contributed by atoms with Crippen molar-refractivity contribution in [3.8, 4) is 0 Å². The molecule has 0 unspecified atom stereocenters. The third-order valence-electron chi connectivity index (χ3n) is 5.79. The number of hydrogen-bond donors (Lipinski definition) is 1. The Labute approximate surface area is 181 Å². The van der Waals surface area contributed by atoms with Gasteiger partial charge in [-0.1, -0.05) is 12.1 Å². The normalized spacial score (nSPS) is 14.8. The van der Waals surface area contributed by atoms with Gasteiger partial charge in [0.05, 0.1) is 16.6 Å². The molecule has 0 bridgehead atoms. The summed E-state index contributed by atoms with van der Waals surface area (Å²) >= 11 is 0. The number of hydrogen-bond acceptors (Lipinski definition) is 5. The zero-order valence-corrected chi connectivity index (χ0v) is 18.5. The zero-order valence-electron chi connectivity index (χ0n) is 18.5. The maximum absolute atomic E-state index is 12.9. The van der Waals surface area contributed by atoms with Gasteiger partial charge in [0.1, 0.15) is 0 Å². The number of nitrogens with one attached hydrogen (secondary N) is 1. The fourth-order valence-electron chi connectivity index (χ4n) is 3.98. The van der Waals surface area contributed by atoms with E-state index in [-0.39, 0.29) is 11.8 Å². The van der Waals surface area contributed by atoms with Crippen molar-refractivity contribution in [1.29, 1.82) is 0 Å². The summed E-state index contributed by atoms with van der Waals surface area (Å²) in [5, 5.41) is 8.16. The van der Waals surface area contributed by atoms with E-state index in [1.165, 1.54) is 0 Å². The monoisotopic (exact) mass is 420 g/mol. The molecule has 0 spiro atoms. The number of fused-ring (bicyclic) bond motifs is 1. The molecule has 8 heteroatoms. The summed E-state index contributed by atoms with van der Waals surface area (Å²) in [6.07, 6.45) is 0. The highest BCUT2D eigenvalue weighted by Crippen LogP contribution is 2.21. The fourth-order valence-corrected chi connectivity index (χ4v) is 3.98. The molecule has 2 aromatic heterocycles. The summed E-state index contributed by atoms with van der Waals surface area (Å²) in [7, 11) is 3.90. The van der Waals surface area contributed by atoms with E-state index in [1.54, 1.807) is 10.7 Å². The Morgan fingerprint density at radius 2 is 1.71 bits per heavy atom. The second-order valence-corrected chi connectivity index (χ2v) is 8.19. The quantitative estimate of drug-likeness (QED) is 0.697. The molecule has 1 aliphatic heterocycles. The molecular weight excluding hydrogens is 392 g/mol. The SMILES string of the molecule is Cc1cc(C(=O)NCc2ccc(C(=O)N3CCN(C)CC3)cc2)c2c(C)nn(C)c2n1. The second-order valence-electron chi connectivity index (χ2n) is 8.19. The largest absolute Gasteiger partial charge is 0.348 e. The van der Waals surface area contributed by atoms with Crippen molar-refractivity contribution in [1.82, 2.24) is 29.9 Å². The Morgan fingerprint density at radius 1 is 1.03 bits per heavy atom. The van der Waals surface area contributed by atoms with Crippen LogP contribution in [0.5, 0.6) is 0 Å². The van der Waals surface area contributed by atoms with Crippen molar-refractivity contribution in [3.63, 3.8) is 0 Å². The van der Waals surface area contributed by atoms with Gasteiger partial charge in [-0.05, 0) is 44.7 Å². The lowest BCUT2D eigenvalue weighted by Crippen LogP contribution is -2.47. The van der Waals surface area contributed by atoms with Crippen LogP contribution in [-0.4, -0.2) is 69.6 Å². The molecule has 2 amide bonds. The number of benzene rings is 1. The van der Waals surface area contributed by atoms with Gasteiger partial charge in [0, 0.05) is 51.0 Å². The molecule has 0 radical (unpaired) electrons. The first kappa shape index (κ1) is 21.0. The molecule has 0 atom stereocenters. The Balaban J connectivity index is 1.44. The molecule has 1 N–H and O–H groups in total. The van der Waals surface area contributed by atoms with Crippen molar-refractivity contribution in [2.75, 3.05) is 33.2 Å². The van der Waals surface area contributed by atoms with E-state index in [0.717, 1.165) is 48.5 Å². The van der Waals surface area contributed by atoms with Crippen molar-refractivity contribution >= 4 is 22.8 Å². The van der Waals surface area contributed by atoms with Gasteiger partial charge < -0.3 is 15.1 Å². The van der Waals surface area contributed by atoms with E-state index in [9.17, 15) is 9.59 Å². The maximum Gasteiger partial charge on any atom is 0.253 e. The number of piperazine rings is 1. The number of amides is 2. The predicted octanol–water partition coefficient (Wildman–Crippen LogP) is 1.90. The van der Waals surface area contributed by atoms with Crippen molar-refractivity contribution in [2.45, 2.75) is 20.4 Å². The van der Waals surface area contributed by atoms with Crippen LogP contribution in [0.4, 0.5) is 0 Å². The van der Waals surface area contributed by atoms with E-state index in [4.69, 9.17) is 0 Å². The third-order valence-corrected chi connectivity index (χ3v) is 5.79. The Hall–Kier alpha value is -3.26. The molecule has 31 heavy (non-hydrogen) atoms. The predicted molar refractivity (Wildman–Crippen MR) is 119 cm³/mol.